The van der Waals surface area contributed by atoms with E-state index in [0.717, 1.165) is 4.90 Å². The van der Waals surface area contributed by atoms with Crippen LogP contribution in [0.25, 0.3) is 0 Å². The summed E-state index contributed by atoms with van der Waals surface area (Å²) in [5, 5.41) is 2.18. The second kappa shape index (κ2) is 3.76. The third-order valence-electron chi connectivity index (χ3n) is 4.38. The number of nitrogens with one attached hydrogen (secondary N) is 1. The van der Waals surface area contributed by atoms with Crippen molar-refractivity contribution in [3.63, 3.8) is 0 Å². The Balaban J connectivity index is 1.64. The molecule has 4 amide bonds. The fraction of sp³-hybridized carbons (Fsp3) is 0.538. The molecule has 3 fully saturated rings. The molecule has 0 bridgehead atoms. The van der Waals surface area contributed by atoms with Crippen LogP contribution in [0.1, 0.15) is 12.8 Å². The Morgan fingerprint density at radius 2 is 1.95 bits per heavy atom. The van der Waals surface area contributed by atoms with E-state index in [1.165, 1.54) is 0 Å². The van der Waals surface area contributed by atoms with Crippen molar-refractivity contribution >= 4 is 23.6 Å². The maximum absolute atomic E-state index is 12.4. The minimum atomic E-state index is -0.871. The van der Waals surface area contributed by atoms with E-state index >= 15 is 0 Å². The molecule has 4 aliphatic rings. The van der Waals surface area contributed by atoms with E-state index in [9.17, 15) is 19.2 Å². The van der Waals surface area contributed by atoms with E-state index in [0.29, 0.717) is 0 Å². The first-order valence-electron chi connectivity index (χ1n) is 6.62. The molecule has 104 valence electrons. The summed E-state index contributed by atoms with van der Waals surface area (Å²) >= 11 is 0. The molecular formula is C13H12N2O5. The molecular weight excluding hydrogens is 264 g/mol. The van der Waals surface area contributed by atoms with Gasteiger partial charge in [0.15, 0.2) is 0 Å². The first-order chi connectivity index (χ1) is 9.58. The molecule has 0 aromatic rings. The van der Waals surface area contributed by atoms with E-state index in [-0.39, 0.29) is 42.8 Å². The van der Waals surface area contributed by atoms with Gasteiger partial charge in [0, 0.05) is 6.42 Å². The van der Waals surface area contributed by atoms with Crippen molar-refractivity contribution in [2.75, 3.05) is 0 Å². The van der Waals surface area contributed by atoms with Crippen molar-refractivity contribution in [1.29, 1.82) is 0 Å². The maximum Gasteiger partial charge on any atom is 0.249 e. The van der Waals surface area contributed by atoms with Crippen LogP contribution >= 0.6 is 0 Å². The van der Waals surface area contributed by atoms with Crippen LogP contribution in [0.15, 0.2) is 12.2 Å². The largest absolute Gasteiger partial charge is 0.364 e. The number of imide groups is 2. The molecule has 20 heavy (non-hydrogen) atoms. The highest BCUT2D eigenvalue weighted by molar-refractivity contribution is 6.11. The summed E-state index contributed by atoms with van der Waals surface area (Å²) in [6, 6.07) is -0.871. The SMILES string of the molecule is O=C1CCC(N2C(=O)C3C=CC4OC4C3C2=O)C(=O)N1. The zero-order chi connectivity index (χ0) is 14.0. The quantitative estimate of drug-likeness (QED) is 0.366. The molecule has 0 saturated carbocycles. The average Bonchev–Trinajstić information content (AvgIpc) is 3.14. The summed E-state index contributed by atoms with van der Waals surface area (Å²) in [4.78, 5) is 48.9. The maximum atomic E-state index is 12.4. The summed E-state index contributed by atoms with van der Waals surface area (Å²) in [5.41, 5.74) is 0. The molecule has 0 radical (unpaired) electrons. The predicted molar refractivity (Wildman–Crippen MR) is 62.8 cm³/mol. The van der Waals surface area contributed by atoms with Crippen molar-refractivity contribution in [3.8, 4) is 0 Å². The number of hydrogen-bond donors (Lipinski definition) is 1. The van der Waals surface area contributed by atoms with Gasteiger partial charge in [0.25, 0.3) is 0 Å². The molecule has 1 N–H and O–H groups in total. The predicted octanol–water partition coefficient (Wildman–Crippen LogP) is -1.27. The Morgan fingerprint density at radius 1 is 1.15 bits per heavy atom. The molecule has 3 saturated heterocycles. The van der Waals surface area contributed by atoms with E-state index in [2.05, 4.69) is 5.32 Å². The number of rotatable bonds is 1. The number of epoxide rings is 1. The fourth-order valence-corrected chi connectivity index (χ4v) is 3.33. The van der Waals surface area contributed by atoms with Gasteiger partial charge in [0.1, 0.15) is 18.2 Å². The van der Waals surface area contributed by atoms with Gasteiger partial charge < -0.3 is 4.74 Å². The lowest BCUT2D eigenvalue weighted by molar-refractivity contribution is -0.151. The number of carbonyl (C=O) groups is 4. The Hall–Kier alpha value is -2.02. The van der Waals surface area contributed by atoms with Gasteiger partial charge in [-0.25, -0.2) is 0 Å². The van der Waals surface area contributed by atoms with Crippen molar-refractivity contribution in [2.45, 2.75) is 31.1 Å². The molecule has 7 nitrogen and oxygen atoms in total. The summed E-state index contributed by atoms with van der Waals surface area (Å²) in [7, 11) is 0. The second-order valence-corrected chi connectivity index (χ2v) is 5.52. The zero-order valence-electron chi connectivity index (χ0n) is 10.4. The van der Waals surface area contributed by atoms with E-state index in [1.807, 2.05) is 0 Å². The van der Waals surface area contributed by atoms with Crippen LogP contribution in [0.3, 0.4) is 0 Å². The number of amides is 4. The summed E-state index contributed by atoms with van der Waals surface area (Å²) in [5.74, 6) is -2.70. The smallest absolute Gasteiger partial charge is 0.249 e. The molecule has 0 aromatic heterocycles. The molecule has 4 rings (SSSR count). The number of likely N-dealkylation sites (tertiary alicyclic amines) is 1. The number of carbonyl (C=O) groups excluding carboxylic acids is 4. The molecule has 0 spiro atoms. The monoisotopic (exact) mass is 276 g/mol. The van der Waals surface area contributed by atoms with Crippen LogP contribution in [-0.2, 0) is 23.9 Å². The van der Waals surface area contributed by atoms with Crippen molar-refractivity contribution in [2.24, 2.45) is 11.8 Å². The zero-order valence-corrected chi connectivity index (χ0v) is 10.4. The number of hydrogen-bond acceptors (Lipinski definition) is 5. The summed E-state index contributed by atoms with van der Waals surface area (Å²) in [6.45, 7) is 0. The van der Waals surface area contributed by atoms with E-state index < -0.39 is 23.8 Å². The normalized spacial score (nSPS) is 42.4. The Morgan fingerprint density at radius 3 is 2.70 bits per heavy atom. The van der Waals surface area contributed by atoms with Crippen LogP contribution in [0.4, 0.5) is 0 Å². The summed E-state index contributed by atoms with van der Waals surface area (Å²) in [6.07, 6.45) is 3.52. The van der Waals surface area contributed by atoms with Crippen LogP contribution < -0.4 is 5.32 Å². The van der Waals surface area contributed by atoms with Gasteiger partial charge in [-0.05, 0) is 6.42 Å². The van der Waals surface area contributed by atoms with Crippen molar-refractivity contribution in [3.05, 3.63) is 12.2 Å². The Bertz CT molecular complexity index is 583. The van der Waals surface area contributed by atoms with Gasteiger partial charge in [-0.2, -0.15) is 0 Å². The number of piperidine rings is 1. The van der Waals surface area contributed by atoms with Gasteiger partial charge in [-0.3, -0.25) is 29.4 Å². The van der Waals surface area contributed by atoms with Crippen LogP contribution in [0.5, 0.6) is 0 Å². The van der Waals surface area contributed by atoms with E-state index in [1.54, 1.807) is 12.2 Å². The highest BCUT2D eigenvalue weighted by Gasteiger charge is 2.61. The fourth-order valence-electron chi connectivity index (χ4n) is 3.33. The minimum absolute atomic E-state index is 0.0743. The molecule has 1 aliphatic carbocycles. The van der Waals surface area contributed by atoms with E-state index in [4.69, 9.17) is 4.74 Å². The average molecular weight is 276 g/mol. The van der Waals surface area contributed by atoms with Gasteiger partial charge in [-0.15, -0.1) is 0 Å². The van der Waals surface area contributed by atoms with Gasteiger partial charge in [0.05, 0.1) is 11.8 Å². The lowest BCUT2D eigenvalue weighted by Gasteiger charge is -2.28. The van der Waals surface area contributed by atoms with Gasteiger partial charge in [0.2, 0.25) is 23.6 Å². The van der Waals surface area contributed by atoms with Crippen molar-refractivity contribution in [1.82, 2.24) is 10.2 Å². The minimum Gasteiger partial charge on any atom is -0.364 e. The molecule has 3 heterocycles. The Labute approximate surface area is 113 Å². The Kier molecular flexibility index (Phi) is 2.21. The van der Waals surface area contributed by atoms with Crippen LogP contribution in [-0.4, -0.2) is 46.8 Å². The molecule has 0 aromatic carbocycles. The number of ether oxygens (including phenoxy) is 1. The first kappa shape index (κ1) is 11.8. The highest BCUT2D eigenvalue weighted by Crippen LogP contribution is 2.45. The lowest BCUT2D eigenvalue weighted by Crippen LogP contribution is -2.54. The standard InChI is InChI=1S/C13H12N2O5/c16-8-4-2-6(11(17)14-8)15-12(18)5-1-3-7-10(20-7)9(5)13(15)19/h1,3,5-7,9-10H,2,4H2,(H,14,16,17). The van der Waals surface area contributed by atoms with Gasteiger partial charge in [-0.1, -0.05) is 12.2 Å². The first-order valence-corrected chi connectivity index (χ1v) is 6.62. The number of nitrogens with zero attached hydrogens (tertiary/aromatic N) is 1. The molecule has 5 atom stereocenters. The number of fused-ring (bicyclic) bond motifs is 3. The van der Waals surface area contributed by atoms with Crippen LogP contribution in [0.2, 0.25) is 0 Å². The highest BCUT2D eigenvalue weighted by atomic mass is 16.6. The van der Waals surface area contributed by atoms with Crippen LogP contribution in [0, 0.1) is 11.8 Å². The van der Waals surface area contributed by atoms with Gasteiger partial charge >= 0.3 is 0 Å². The third kappa shape index (κ3) is 1.44. The molecule has 5 unspecified atom stereocenters. The topological polar surface area (TPSA) is 96.1 Å². The summed E-state index contributed by atoms with van der Waals surface area (Å²) < 4.78 is 5.35. The lowest BCUT2D eigenvalue weighted by atomic mass is 9.86. The molecule has 7 heteroatoms. The third-order valence-corrected chi connectivity index (χ3v) is 4.38. The second-order valence-electron chi connectivity index (χ2n) is 5.52. The van der Waals surface area contributed by atoms with Crippen molar-refractivity contribution < 1.29 is 23.9 Å². The molecule has 3 aliphatic heterocycles.